The van der Waals surface area contributed by atoms with E-state index in [2.05, 4.69) is 10.3 Å². The van der Waals surface area contributed by atoms with E-state index in [1.165, 1.54) is 32.0 Å². The van der Waals surface area contributed by atoms with Crippen molar-refractivity contribution in [2.45, 2.75) is 26.0 Å². The van der Waals surface area contributed by atoms with Crippen molar-refractivity contribution in [1.29, 1.82) is 0 Å². The number of anilines is 1. The third kappa shape index (κ3) is 3.59. The highest BCUT2D eigenvalue weighted by Crippen LogP contribution is 2.26. The van der Waals surface area contributed by atoms with Crippen molar-refractivity contribution in [2.24, 2.45) is 0 Å². The molecule has 0 saturated heterocycles. The van der Waals surface area contributed by atoms with Crippen molar-refractivity contribution in [3.05, 3.63) is 63.3 Å². The SMILES string of the molecule is Cc1nc(N[C@H](C)[C@H](O)c2c(F)cccc2F)ccc1[N+](=O)[O-]. The fourth-order valence-electron chi connectivity index (χ4n) is 2.18. The maximum absolute atomic E-state index is 13.7. The number of nitrogens with zero attached hydrogens (tertiary/aromatic N) is 2. The number of aliphatic hydroxyl groups excluding tert-OH is 1. The number of nitrogens with one attached hydrogen (secondary N) is 1. The monoisotopic (exact) mass is 323 g/mol. The second-order valence-electron chi connectivity index (χ2n) is 5.07. The molecule has 0 aliphatic rings. The van der Waals surface area contributed by atoms with Crippen LogP contribution in [-0.4, -0.2) is 21.1 Å². The maximum atomic E-state index is 13.7. The van der Waals surface area contributed by atoms with Crippen LogP contribution in [0.15, 0.2) is 30.3 Å². The molecule has 122 valence electrons. The first kappa shape index (κ1) is 16.8. The van der Waals surface area contributed by atoms with E-state index < -0.39 is 34.3 Å². The van der Waals surface area contributed by atoms with Crippen LogP contribution in [0.5, 0.6) is 0 Å². The van der Waals surface area contributed by atoms with Gasteiger partial charge < -0.3 is 10.4 Å². The van der Waals surface area contributed by atoms with Gasteiger partial charge in [-0.25, -0.2) is 13.8 Å². The van der Waals surface area contributed by atoms with Gasteiger partial charge in [-0.15, -0.1) is 0 Å². The predicted molar refractivity (Wildman–Crippen MR) is 80.0 cm³/mol. The summed E-state index contributed by atoms with van der Waals surface area (Å²) in [5.74, 6) is -1.44. The molecule has 8 heteroatoms. The normalized spacial score (nSPS) is 13.4. The lowest BCUT2D eigenvalue weighted by Gasteiger charge is -2.22. The fraction of sp³-hybridized carbons (Fsp3) is 0.267. The molecule has 1 heterocycles. The van der Waals surface area contributed by atoms with Gasteiger partial charge in [0.05, 0.1) is 16.5 Å². The lowest BCUT2D eigenvalue weighted by molar-refractivity contribution is -0.385. The van der Waals surface area contributed by atoms with E-state index >= 15 is 0 Å². The highest BCUT2D eigenvalue weighted by molar-refractivity contribution is 5.45. The van der Waals surface area contributed by atoms with Gasteiger partial charge in [-0.1, -0.05) is 6.07 Å². The van der Waals surface area contributed by atoms with Crippen molar-refractivity contribution in [3.8, 4) is 0 Å². The minimum absolute atomic E-state index is 0.135. The van der Waals surface area contributed by atoms with Crippen LogP contribution in [0, 0.1) is 28.7 Å². The molecule has 2 rings (SSSR count). The van der Waals surface area contributed by atoms with E-state index in [0.29, 0.717) is 0 Å². The topological polar surface area (TPSA) is 88.3 Å². The molecule has 2 N–H and O–H groups in total. The predicted octanol–water partition coefficient (Wildman–Crippen LogP) is 3.11. The molecule has 0 fully saturated rings. The van der Waals surface area contributed by atoms with Gasteiger partial charge in [0.1, 0.15) is 29.3 Å². The van der Waals surface area contributed by atoms with Crippen LogP contribution in [0.2, 0.25) is 0 Å². The molecule has 1 aromatic carbocycles. The maximum Gasteiger partial charge on any atom is 0.290 e. The molecule has 6 nitrogen and oxygen atoms in total. The van der Waals surface area contributed by atoms with Crippen LogP contribution in [0.1, 0.15) is 24.3 Å². The Labute approximate surface area is 130 Å². The average molecular weight is 323 g/mol. The fourth-order valence-corrected chi connectivity index (χ4v) is 2.18. The molecule has 0 radical (unpaired) electrons. The summed E-state index contributed by atoms with van der Waals surface area (Å²) in [4.78, 5) is 14.2. The van der Waals surface area contributed by atoms with Gasteiger partial charge in [0, 0.05) is 6.07 Å². The number of aliphatic hydroxyl groups is 1. The first-order valence-corrected chi connectivity index (χ1v) is 6.81. The Morgan fingerprint density at radius 2 is 1.87 bits per heavy atom. The summed E-state index contributed by atoms with van der Waals surface area (Å²) < 4.78 is 27.4. The Balaban J connectivity index is 2.20. The molecule has 0 aliphatic heterocycles. The summed E-state index contributed by atoms with van der Waals surface area (Å²) in [5, 5.41) is 23.7. The minimum atomic E-state index is -1.45. The van der Waals surface area contributed by atoms with E-state index in [1.807, 2.05) is 0 Å². The lowest BCUT2D eigenvalue weighted by Crippen LogP contribution is -2.26. The summed E-state index contributed by atoms with van der Waals surface area (Å²) in [7, 11) is 0. The summed E-state index contributed by atoms with van der Waals surface area (Å²) >= 11 is 0. The van der Waals surface area contributed by atoms with Crippen molar-refractivity contribution < 1.29 is 18.8 Å². The molecule has 23 heavy (non-hydrogen) atoms. The number of hydrogen-bond donors (Lipinski definition) is 2. The van der Waals surface area contributed by atoms with Crippen LogP contribution < -0.4 is 5.32 Å². The van der Waals surface area contributed by atoms with Gasteiger partial charge in [0.2, 0.25) is 0 Å². The van der Waals surface area contributed by atoms with E-state index in [4.69, 9.17) is 0 Å². The molecule has 0 spiro atoms. The highest BCUT2D eigenvalue weighted by Gasteiger charge is 2.24. The van der Waals surface area contributed by atoms with E-state index in [-0.39, 0.29) is 17.2 Å². The van der Waals surface area contributed by atoms with Gasteiger partial charge in [-0.3, -0.25) is 10.1 Å². The van der Waals surface area contributed by atoms with Crippen molar-refractivity contribution in [2.75, 3.05) is 5.32 Å². The number of benzene rings is 1. The average Bonchev–Trinajstić information content (AvgIpc) is 2.46. The molecule has 2 atom stereocenters. The molecule has 1 aromatic heterocycles. The summed E-state index contributed by atoms with van der Waals surface area (Å²) in [6.07, 6.45) is -1.45. The zero-order valence-electron chi connectivity index (χ0n) is 12.5. The number of nitro groups is 1. The molecule has 0 amide bonds. The Morgan fingerprint density at radius 1 is 1.26 bits per heavy atom. The molecule has 2 aromatic rings. The smallest absolute Gasteiger partial charge is 0.290 e. The highest BCUT2D eigenvalue weighted by atomic mass is 19.1. The number of rotatable bonds is 5. The van der Waals surface area contributed by atoms with Gasteiger partial charge in [0.25, 0.3) is 5.69 Å². The van der Waals surface area contributed by atoms with Crippen LogP contribution in [0.25, 0.3) is 0 Å². The zero-order chi connectivity index (χ0) is 17.1. The standard InChI is InChI=1S/C15H15F2N3O3/c1-8-12(20(22)23)6-7-13(18-8)19-9(2)15(21)14-10(16)4-3-5-11(14)17/h3-7,9,15,21H,1-2H3,(H,18,19)/t9-,15+/m1/s1. The summed E-state index contributed by atoms with van der Waals surface area (Å²) in [5.41, 5.74) is -0.381. The Kier molecular flexibility index (Phi) is 4.85. The second-order valence-corrected chi connectivity index (χ2v) is 5.07. The Hall–Kier alpha value is -2.61. The Bertz CT molecular complexity index is 720. The number of aromatic nitrogens is 1. The molecule has 0 aliphatic carbocycles. The third-order valence-corrected chi connectivity index (χ3v) is 3.40. The number of aryl methyl sites for hydroxylation is 1. The first-order chi connectivity index (χ1) is 10.8. The van der Waals surface area contributed by atoms with Crippen LogP contribution >= 0.6 is 0 Å². The summed E-state index contributed by atoms with van der Waals surface area (Å²) in [6, 6.07) is 5.19. The van der Waals surface area contributed by atoms with Crippen LogP contribution in [-0.2, 0) is 0 Å². The molecule has 0 bridgehead atoms. The van der Waals surface area contributed by atoms with E-state index in [9.17, 15) is 24.0 Å². The van der Waals surface area contributed by atoms with Crippen molar-refractivity contribution >= 4 is 11.5 Å². The van der Waals surface area contributed by atoms with Crippen LogP contribution in [0.3, 0.4) is 0 Å². The molecular weight excluding hydrogens is 308 g/mol. The van der Waals surface area contributed by atoms with Gasteiger partial charge in [-0.05, 0) is 32.0 Å². The Morgan fingerprint density at radius 3 is 2.39 bits per heavy atom. The molecule has 0 unspecified atom stereocenters. The van der Waals surface area contributed by atoms with Crippen molar-refractivity contribution in [3.63, 3.8) is 0 Å². The summed E-state index contributed by atoms with van der Waals surface area (Å²) in [6.45, 7) is 3.00. The van der Waals surface area contributed by atoms with E-state index in [1.54, 1.807) is 0 Å². The quantitative estimate of drug-likeness (QED) is 0.652. The van der Waals surface area contributed by atoms with Gasteiger partial charge >= 0.3 is 0 Å². The second kappa shape index (κ2) is 6.66. The van der Waals surface area contributed by atoms with Crippen LogP contribution in [0.4, 0.5) is 20.3 Å². The largest absolute Gasteiger partial charge is 0.386 e. The number of hydrogen-bond acceptors (Lipinski definition) is 5. The number of pyridine rings is 1. The molecule has 0 saturated carbocycles. The number of halogens is 2. The van der Waals surface area contributed by atoms with E-state index in [0.717, 1.165) is 12.1 Å². The third-order valence-electron chi connectivity index (χ3n) is 3.40. The molecular formula is C15H15F2N3O3. The first-order valence-electron chi connectivity index (χ1n) is 6.81. The van der Waals surface area contributed by atoms with Crippen molar-refractivity contribution in [1.82, 2.24) is 4.98 Å². The zero-order valence-corrected chi connectivity index (χ0v) is 12.5. The lowest BCUT2D eigenvalue weighted by atomic mass is 10.0. The van der Waals surface area contributed by atoms with Gasteiger partial charge in [-0.2, -0.15) is 0 Å². The minimum Gasteiger partial charge on any atom is -0.386 e. The van der Waals surface area contributed by atoms with Gasteiger partial charge in [0.15, 0.2) is 0 Å².